The van der Waals surface area contributed by atoms with Gasteiger partial charge in [0.25, 0.3) is 0 Å². The number of carbonyl (C=O) groups excluding carboxylic acids is 1. The minimum absolute atomic E-state index is 0.203. The summed E-state index contributed by atoms with van der Waals surface area (Å²) < 4.78 is 5.64. The van der Waals surface area contributed by atoms with Crippen LogP contribution in [0.3, 0.4) is 0 Å². The second-order valence-corrected chi connectivity index (χ2v) is 5.18. The number of aromatic nitrogens is 1. The Hall–Kier alpha value is -1.92. The number of benzene rings is 1. The molecular weight excluding hydrogens is 276 g/mol. The van der Waals surface area contributed by atoms with Gasteiger partial charge in [0.15, 0.2) is 0 Å². The number of carbonyl (C=O) groups is 1. The Bertz CT molecular complexity index is 566. The van der Waals surface area contributed by atoms with Crippen molar-refractivity contribution in [2.45, 2.75) is 20.0 Å². The molecule has 5 nitrogen and oxygen atoms in total. The van der Waals surface area contributed by atoms with E-state index in [-0.39, 0.29) is 12.3 Å². The molecule has 0 atom stereocenters. The fourth-order valence-electron chi connectivity index (χ4n) is 1.59. The van der Waals surface area contributed by atoms with Crippen molar-refractivity contribution >= 4 is 17.2 Å². The van der Waals surface area contributed by atoms with E-state index in [1.807, 2.05) is 36.6 Å². The van der Waals surface area contributed by atoms with Crippen LogP contribution in [-0.4, -0.2) is 18.0 Å². The summed E-state index contributed by atoms with van der Waals surface area (Å²) in [5.41, 5.74) is 4.17. The highest BCUT2D eigenvalue weighted by Crippen LogP contribution is 2.16. The van der Waals surface area contributed by atoms with E-state index in [0.717, 1.165) is 10.8 Å². The van der Waals surface area contributed by atoms with Crippen molar-refractivity contribution in [3.05, 3.63) is 45.9 Å². The van der Waals surface area contributed by atoms with Gasteiger partial charge in [0.1, 0.15) is 17.4 Å². The van der Waals surface area contributed by atoms with Gasteiger partial charge in [-0.05, 0) is 19.1 Å². The van der Waals surface area contributed by atoms with E-state index in [1.165, 1.54) is 24.0 Å². The van der Waals surface area contributed by atoms with Gasteiger partial charge >= 0.3 is 0 Å². The average molecular weight is 292 g/mol. The van der Waals surface area contributed by atoms with E-state index < -0.39 is 0 Å². The lowest BCUT2D eigenvalue weighted by atomic mass is 10.2. The molecule has 0 bridgehead atoms. The molecule has 0 aliphatic rings. The molecule has 0 spiro atoms. The summed E-state index contributed by atoms with van der Waals surface area (Å²) in [5.74, 6) is 0.591. The van der Waals surface area contributed by atoms with E-state index in [2.05, 4.69) is 15.3 Å². The monoisotopic (exact) mass is 292 g/mol. The fourth-order valence-corrected chi connectivity index (χ4v) is 2.30. The molecular formula is C14H16N2O3S. The largest absolute Gasteiger partial charge is 0.486 e. The molecule has 0 radical (unpaired) electrons. The van der Waals surface area contributed by atoms with Crippen LogP contribution >= 0.6 is 11.3 Å². The van der Waals surface area contributed by atoms with Crippen LogP contribution in [0.4, 0.5) is 0 Å². The summed E-state index contributed by atoms with van der Waals surface area (Å²) >= 11 is 1.48. The molecule has 2 rings (SSSR count). The minimum Gasteiger partial charge on any atom is -0.486 e. The van der Waals surface area contributed by atoms with Gasteiger partial charge < -0.3 is 4.74 Å². The van der Waals surface area contributed by atoms with E-state index in [0.29, 0.717) is 12.3 Å². The Morgan fingerprint density at radius 2 is 2.10 bits per heavy atom. The molecule has 1 aromatic heterocycles. The third-order valence-corrected chi connectivity index (χ3v) is 3.41. The van der Waals surface area contributed by atoms with Crippen LogP contribution in [0.25, 0.3) is 0 Å². The van der Waals surface area contributed by atoms with Gasteiger partial charge in [-0.25, -0.2) is 10.5 Å². The number of hydroxylamine groups is 1. The third-order valence-electron chi connectivity index (χ3n) is 2.54. The molecule has 1 N–H and O–H groups in total. The summed E-state index contributed by atoms with van der Waals surface area (Å²) in [5, 5.41) is 2.69. The van der Waals surface area contributed by atoms with Gasteiger partial charge in [-0.1, -0.05) is 17.7 Å². The zero-order valence-corrected chi connectivity index (χ0v) is 12.2. The normalized spacial score (nSPS) is 10.3. The minimum atomic E-state index is -0.219. The van der Waals surface area contributed by atoms with Gasteiger partial charge in [-0.15, -0.1) is 11.3 Å². The van der Waals surface area contributed by atoms with Crippen molar-refractivity contribution in [1.82, 2.24) is 10.5 Å². The van der Waals surface area contributed by atoms with Crippen LogP contribution in [0.2, 0.25) is 0 Å². The Morgan fingerprint density at radius 1 is 1.35 bits per heavy atom. The maximum atomic E-state index is 11.3. The highest BCUT2D eigenvalue weighted by atomic mass is 32.1. The molecule has 1 aromatic carbocycles. The maximum absolute atomic E-state index is 11.3. The van der Waals surface area contributed by atoms with Gasteiger partial charge in [-0.3, -0.25) is 9.63 Å². The average Bonchev–Trinajstić information content (AvgIpc) is 2.86. The van der Waals surface area contributed by atoms with Gasteiger partial charge in [0.05, 0.1) is 19.2 Å². The van der Waals surface area contributed by atoms with Crippen molar-refractivity contribution in [2.24, 2.45) is 0 Å². The second kappa shape index (κ2) is 7.02. The summed E-state index contributed by atoms with van der Waals surface area (Å²) in [6, 6.07) is 7.85. The van der Waals surface area contributed by atoms with Gasteiger partial charge in [0.2, 0.25) is 5.91 Å². The van der Waals surface area contributed by atoms with Crippen LogP contribution < -0.4 is 10.2 Å². The fraction of sp³-hybridized carbons (Fsp3) is 0.286. The van der Waals surface area contributed by atoms with Crippen LogP contribution in [0.15, 0.2) is 29.6 Å². The molecule has 0 fully saturated rings. The maximum Gasteiger partial charge on any atom is 0.249 e. The van der Waals surface area contributed by atoms with Crippen LogP contribution in [0, 0.1) is 6.92 Å². The molecule has 0 aliphatic carbocycles. The van der Waals surface area contributed by atoms with Crippen LogP contribution in [0.5, 0.6) is 5.75 Å². The standard InChI is InChI=1S/C14H16N2O3S/c1-10-3-5-12(6-4-10)19-8-14-15-11(9-20-14)7-13(17)16-18-2/h3-6,9H,7-8H2,1-2H3,(H,16,17). The highest BCUT2D eigenvalue weighted by molar-refractivity contribution is 7.09. The molecule has 6 heteroatoms. The number of hydrogen-bond donors (Lipinski definition) is 1. The molecule has 1 amide bonds. The number of hydrogen-bond acceptors (Lipinski definition) is 5. The van der Waals surface area contributed by atoms with Crippen molar-refractivity contribution in [1.29, 1.82) is 0 Å². The number of rotatable bonds is 6. The molecule has 0 unspecified atom stereocenters. The van der Waals surface area contributed by atoms with Gasteiger partial charge in [0, 0.05) is 5.38 Å². The number of thiazole rings is 1. The third kappa shape index (κ3) is 4.32. The zero-order chi connectivity index (χ0) is 14.4. The van der Waals surface area contributed by atoms with E-state index in [1.54, 1.807) is 0 Å². The highest BCUT2D eigenvalue weighted by Gasteiger charge is 2.07. The Balaban J connectivity index is 1.86. The van der Waals surface area contributed by atoms with Crippen molar-refractivity contribution in [3.8, 4) is 5.75 Å². The first-order valence-corrected chi connectivity index (χ1v) is 7.00. The summed E-state index contributed by atoms with van der Waals surface area (Å²) in [6.45, 7) is 2.43. The van der Waals surface area contributed by atoms with E-state index >= 15 is 0 Å². The SMILES string of the molecule is CONC(=O)Cc1csc(COc2ccc(C)cc2)n1. The first-order valence-electron chi connectivity index (χ1n) is 6.12. The second-order valence-electron chi connectivity index (χ2n) is 4.24. The number of nitrogens with zero attached hydrogens (tertiary/aromatic N) is 1. The lowest BCUT2D eigenvalue weighted by Gasteiger charge is -2.03. The number of aryl methyl sites for hydroxylation is 1. The number of nitrogens with one attached hydrogen (secondary N) is 1. The van der Waals surface area contributed by atoms with Crippen LogP contribution in [-0.2, 0) is 22.7 Å². The quantitative estimate of drug-likeness (QED) is 0.830. The molecule has 20 heavy (non-hydrogen) atoms. The summed E-state index contributed by atoms with van der Waals surface area (Å²) in [4.78, 5) is 20.2. The Morgan fingerprint density at radius 3 is 2.80 bits per heavy atom. The predicted molar refractivity (Wildman–Crippen MR) is 76.5 cm³/mol. The summed E-state index contributed by atoms with van der Waals surface area (Å²) in [6.07, 6.45) is 0.203. The van der Waals surface area contributed by atoms with Crippen molar-refractivity contribution in [2.75, 3.05) is 7.11 Å². The first-order chi connectivity index (χ1) is 9.67. The van der Waals surface area contributed by atoms with E-state index in [4.69, 9.17) is 4.74 Å². The Labute approximate surface area is 121 Å². The van der Waals surface area contributed by atoms with Crippen molar-refractivity contribution < 1.29 is 14.4 Å². The molecule has 0 saturated heterocycles. The van der Waals surface area contributed by atoms with Crippen molar-refractivity contribution in [3.63, 3.8) is 0 Å². The smallest absolute Gasteiger partial charge is 0.249 e. The summed E-state index contributed by atoms with van der Waals surface area (Å²) in [7, 11) is 1.40. The van der Waals surface area contributed by atoms with E-state index in [9.17, 15) is 4.79 Å². The predicted octanol–water partition coefficient (Wildman–Crippen LogP) is 2.25. The molecule has 1 heterocycles. The molecule has 2 aromatic rings. The molecule has 106 valence electrons. The first kappa shape index (κ1) is 14.5. The topological polar surface area (TPSA) is 60.5 Å². The Kier molecular flexibility index (Phi) is 5.09. The lowest BCUT2D eigenvalue weighted by Crippen LogP contribution is -2.23. The lowest BCUT2D eigenvalue weighted by molar-refractivity contribution is -0.130. The molecule has 0 saturated carbocycles. The molecule has 0 aliphatic heterocycles. The number of ether oxygens (including phenoxy) is 1. The van der Waals surface area contributed by atoms with Crippen LogP contribution in [0.1, 0.15) is 16.3 Å². The number of amides is 1. The van der Waals surface area contributed by atoms with Gasteiger partial charge in [-0.2, -0.15) is 0 Å². The zero-order valence-electron chi connectivity index (χ0n) is 11.4.